The van der Waals surface area contributed by atoms with Gasteiger partial charge in [0.25, 0.3) is 0 Å². The Labute approximate surface area is 147 Å². The second kappa shape index (κ2) is 8.24. The van der Waals surface area contributed by atoms with Crippen molar-refractivity contribution in [3.8, 4) is 11.5 Å². The minimum absolute atomic E-state index is 0.0592. The van der Waals surface area contributed by atoms with Crippen LogP contribution in [-0.4, -0.2) is 61.5 Å². The molecule has 132 valence electrons. The van der Waals surface area contributed by atoms with Gasteiger partial charge in [-0.2, -0.15) is 0 Å². The van der Waals surface area contributed by atoms with Crippen LogP contribution >= 0.6 is 11.6 Å². The van der Waals surface area contributed by atoms with Gasteiger partial charge in [0.05, 0.1) is 18.0 Å². The molecule has 0 N–H and O–H groups in total. The summed E-state index contributed by atoms with van der Waals surface area (Å²) < 4.78 is 11.0. The zero-order valence-corrected chi connectivity index (χ0v) is 15.1. The summed E-state index contributed by atoms with van der Waals surface area (Å²) in [6, 6.07) is 3.46. The summed E-state index contributed by atoms with van der Waals surface area (Å²) in [7, 11) is 1.63. The lowest BCUT2D eigenvalue weighted by atomic mass is 10.1. The molecule has 0 unspecified atom stereocenters. The Morgan fingerprint density at radius 1 is 1.12 bits per heavy atom. The summed E-state index contributed by atoms with van der Waals surface area (Å²) in [6.45, 7) is 6.09. The monoisotopic (exact) mass is 354 g/mol. The predicted molar refractivity (Wildman–Crippen MR) is 91.7 cm³/mol. The number of carbonyl (C=O) groups is 2. The molecule has 2 rings (SSSR count). The van der Waals surface area contributed by atoms with Gasteiger partial charge >= 0.3 is 0 Å². The van der Waals surface area contributed by atoms with Crippen LogP contribution in [0, 0.1) is 0 Å². The lowest BCUT2D eigenvalue weighted by Crippen LogP contribution is -2.41. The van der Waals surface area contributed by atoms with E-state index in [1.807, 2.05) is 13.8 Å². The van der Waals surface area contributed by atoms with Crippen LogP contribution in [0.25, 0.3) is 0 Å². The molecule has 0 aliphatic carbocycles. The van der Waals surface area contributed by atoms with E-state index in [1.165, 1.54) is 4.90 Å². The van der Waals surface area contributed by atoms with E-state index in [-0.39, 0.29) is 24.8 Å². The number of nitrogens with zero attached hydrogens (tertiary/aromatic N) is 2. The smallest absolute Gasteiger partial charge is 0.242 e. The third-order valence-electron chi connectivity index (χ3n) is 3.93. The summed E-state index contributed by atoms with van der Waals surface area (Å²) >= 11 is 6.18. The topological polar surface area (TPSA) is 59.1 Å². The van der Waals surface area contributed by atoms with Crippen molar-refractivity contribution in [3.05, 3.63) is 22.7 Å². The highest BCUT2D eigenvalue weighted by molar-refractivity contribution is 6.32. The molecule has 0 spiro atoms. The third kappa shape index (κ3) is 4.32. The maximum absolute atomic E-state index is 12.4. The van der Waals surface area contributed by atoms with Crippen molar-refractivity contribution in [1.29, 1.82) is 0 Å². The lowest BCUT2D eigenvalue weighted by molar-refractivity contribution is -0.138. The van der Waals surface area contributed by atoms with Gasteiger partial charge in [0.15, 0.2) is 11.5 Å². The molecule has 24 heavy (non-hydrogen) atoms. The highest BCUT2D eigenvalue weighted by Crippen LogP contribution is 2.38. The Balaban J connectivity index is 2.01. The van der Waals surface area contributed by atoms with Crippen LogP contribution in [0.5, 0.6) is 11.5 Å². The molecule has 0 saturated carbocycles. The predicted octanol–water partition coefficient (Wildman–Crippen LogP) is 1.98. The van der Waals surface area contributed by atoms with E-state index in [0.717, 1.165) is 5.56 Å². The Bertz CT molecular complexity index is 617. The molecule has 0 aromatic heterocycles. The maximum Gasteiger partial charge on any atom is 0.242 e. The van der Waals surface area contributed by atoms with Gasteiger partial charge in [0, 0.05) is 20.1 Å². The summed E-state index contributed by atoms with van der Waals surface area (Å²) in [5.74, 6) is 0.863. The SMILES string of the molecule is CCN(CC)C(=O)CN(C)C(=O)Cc1cc(Cl)c2c(c1)OCCO2. The first kappa shape index (κ1) is 18.4. The molecular weight excluding hydrogens is 332 g/mol. The summed E-state index contributed by atoms with van der Waals surface area (Å²) in [5, 5.41) is 0.428. The highest BCUT2D eigenvalue weighted by Gasteiger charge is 2.20. The van der Waals surface area contributed by atoms with Crippen molar-refractivity contribution < 1.29 is 19.1 Å². The number of rotatable bonds is 6. The number of amides is 2. The van der Waals surface area contributed by atoms with E-state index in [1.54, 1.807) is 24.1 Å². The zero-order valence-electron chi connectivity index (χ0n) is 14.3. The first-order chi connectivity index (χ1) is 11.5. The largest absolute Gasteiger partial charge is 0.486 e. The normalized spacial score (nSPS) is 12.7. The van der Waals surface area contributed by atoms with E-state index >= 15 is 0 Å². The van der Waals surface area contributed by atoms with E-state index < -0.39 is 0 Å². The van der Waals surface area contributed by atoms with Gasteiger partial charge in [0.1, 0.15) is 13.2 Å². The van der Waals surface area contributed by atoms with E-state index in [2.05, 4.69) is 0 Å². The Morgan fingerprint density at radius 2 is 1.79 bits per heavy atom. The van der Waals surface area contributed by atoms with Gasteiger partial charge in [0.2, 0.25) is 11.8 Å². The fraction of sp³-hybridized carbons (Fsp3) is 0.529. The number of hydrogen-bond acceptors (Lipinski definition) is 4. The van der Waals surface area contributed by atoms with Crippen molar-refractivity contribution in [2.45, 2.75) is 20.3 Å². The molecule has 0 radical (unpaired) electrons. The minimum Gasteiger partial charge on any atom is -0.486 e. The van der Waals surface area contributed by atoms with Crippen molar-refractivity contribution in [2.75, 3.05) is 39.9 Å². The van der Waals surface area contributed by atoms with Crippen LogP contribution in [0.4, 0.5) is 0 Å². The Kier molecular flexibility index (Phi) is 6.31. The van der Waals surface area contributed by atoms with Gasteiger partial charge in [-0.15, -0.1) is 0 Å². The standard InChI is InChI=1S/C17H23ClN2O4/c1-4-20(5-2)16(22)11-19(3)15(21)10-12-8-13(18)17-14(9-12)23-6-7-24-17/h8-9H,4-7,10-11H2,1-3H3. The summed E-state index contributed by atoms with van der Waals surface area (Å²) in [4.78, 5) is 27.6. The van der Waals surface area contributed by atoms with Crippen LogP contribution in [0.1, 0.15) is 19.4 Å². The number of likely N-dealkylation sites (N-methyl/N-ethyl adjacent to an activating group) is 2. The molecule has 1 heterocycles. The van der Waals surface area contributed by atoms with Gasteiger partial charge < -0.3 is 19.3 Å². The average molecular weight is 355 g/mol. The molecule has 1 aliphatic heterocycles. The van der Waals surface area contributed by atoms with E-state index in [9.17, 15) is 9.59 Å². The van der Waals surface area contributed by atoms with Gasteiger partial charge in [-0.05, 0) is 31.5 Å². The van der Waals surface area contributed by atoms with Crippen molar-refractivity contribution in [2.24, 2.45) is 0 Å². The zero-order chi connectivity index (χ0) is 17.7. The van der Waals surface area contributed by atoms with Crippen molar-refractivity contribution >= 4 is 23.4 Å². The number of benzene rings is 1. The molecule has 1 aromatic rings. The minimum atomic E-state index is -0.150. The number of carbonyl (C=O) groups excluding carboxylic acids is 2. The third-order valence-corrected chi connectivity index (χ3v) is 4.21. The molecule has 6 nitrogen and oxygen atoms in total. The fourth-order valence-corrected chi connectivity index (χ4v) is 2.83. The van der Waals surface area contributed by atoms with Gasteiger partial charge in [-0.3, -0.25) is 9.59 Å². The molecule has 0 fully saturated rings. The number of hydrogen-bond donors (Lipinski definition) is 0. The van der Waals surface area contributed by atoms with Crippen molar-refractivity contribution in [1.82, 2.24) is 9.80 Å². The van der Waals surface area contributed by atoms with E-state index in [4.69, 9.17) is 21.1 Å². The van der Waals surface area contributed by atoms with E-state index in [0.29, 0.717) is 42.8 Å². The molecule has 1 aliphatic rings. The average Bonchev–Trinajstić information content (AvgIpc) is 2.56. The number of halogens is 1. The molecule has 2 amide bonds. The molecule has 0 atom stereocenters. The first-order valence-corrected chi connectivity index (χ1v) is 8.43. The first-order valence-electron chi connectivity index (χ1n) is 8.06. The maximum atomic E-state index is 12.4. The van der Waals surface area contributed by atoms with Crippen LogP contribution in [0.3, 0.4) is 0 Å². The number of fused-ring (bicyclic) bond motifs is 1. The fourth-order valence-electron chi connectivity index (χ4n) is 2.54. The molecule has 1 aromatic carbocycles. The van der Waals surface area contributed by atoms with Crippen LogP contribution in [0.2, 0.25) is 5.02 Å². The molecule has 0 bridgehead atoms. The van der Waals surface area contributed by atoms with Gasteiger partial charge in [-0.25, -0.2) is 0 Å². The lowest BCUT2D eigenvalue weighted by Gasteiger charge is -2.24. The van der Waals surface area contributed by atoms with Crippen LogP contribution in [0.15, 0.2) is 12.1 Å². The quantitative estimate of drug-likeness (QED) is 0.783. The van der Waals surface area contributed by atoms with Crippen LogP contribution in [-0.2, 0) is 16.0 Å². The highest BCUT2D eigenvalue weighted by atomic mass is 35.5. The second-order valence-electron chi connectivity index (χ2n) is 5.59. The summed E-state index contributed by atoms with van der Waals surface area (Å²) in [6.07, 6.45) is 0.151. The summed E-state index contributed by atoms with van der Waals surface area (Å²) in [5.41, 5.74) is 0.733. The second-order valence-corrected chi connectivity index (χ2v) is 6.00. The number of ether oxygens (including phenoxy) is 2. The molecule has 7 heteroatoms. The van der Waals surface area contributed by atoms with Crippen molar-refractivity contribution in [3.63, 3.8) is 0 Å². The van der Waals surface area contributed by atoms with Gasteiger partial charge in [-0.1, -0.05) is 11.6 Å². The molecule has 0 saturated heterocycles. The Morgan fingerprint density at radius 3 is 2.46 bits per heavy atom. The van der Waals surface area contributed by atoms with Crippen LogP contribution < -0.4 is 9.47 Å². The Hall–Kier alpha value is -1.95. The molecular formula is C17H23ClN2O4.